The number of fused-ring (bicyclic) bond motifs is 1. The largest absolute Gasteiger partial charge is 0.481 e. The molecule has 0 amide bonds. The normalized spacial score (nSPS) is 19.3. The number of benzene rings is 2. The van der Waals surface area contributed by atoms with Crippen molar-refractivity contribution in [2.75, 3.05) is 0 Å². The van der Waals surface area contributed by atoms with Gasteiger partial charge in [-0.1, -0.05) is 30.3 Å². The lowest BCUT2D eigenvalue weighted by molar-refractivity contribution is -0.217. The molecule has 7 heteroatoms. The molecule has 0 saturated carbocycles. The van der Waals surface area contributed by atoms with E-state index in [4.69, 9.17) is 9.84 Å². The number of alkyl halides is 3. The van der Waals surface area contributed by atoms with E-state index in [1.807, 2.05) is 6.07 Å². The number of Topliss-reactive ketones (excluding diaryl/α,β-unsaturated/α-hetero) is 1. The Kier molecular flexibility index (Phi) is 4.71. The number of ketones is 1. The molecule has 0 fully saturated rings. The molecule has 26 heavy (non-hydrogen) atoms. The molecule has 2 unspecified atom stereocenters. The van der Waals surface area contributed by atoms with Crippen LogP contribution in [0.3, 0.4) is 0 Å². The van der Waals surface area contributed by atoms with Crippen molar-refractivity contribution in [3.05, 3.63) is 65.2 Å². The molecule has 2 atom stereocenters. The Bertz CT molecular complexity index is 830. The first-order valence-corrected chi connectivity index (χ1v) is 7.92. The number of rotatable bonds is 4. The van der Waals surface area contributed by atoms with Crippen LogP contribution >= 0.6 is 0 Å². The molecule has 1 aliphatic heterocycles. The predicted molar refractivity (Wildman–Crippen MR) is 86.2 cm³/mol. The summed E-state index contributed by atoms with van der Waals surface area (Å²) in [5.74, 6) is -3.58. The second-order valence-electron chi connectivity index (χ2n) is 6.14. The van der Waals surface area contributed by atoms with E-state index in [0.717, 1.165) is 5.56 Å². The number of halogens is 3. The van der Waals surface area contributed by atoms with Crippen LogP contribution in [0.5, 0.6) is 5.75 Å². The first-order chi connectivity index (χ1) is 12.3. The molecule has 4 nitrogen and oxygen atoms in total. The highest BCUT2D eigenvalue weighted by Crippen LogP contribution is 2.38. The van der Waals surface area contributed by atoms with Crippen LogP contribution in [0.4, 0.5) is 13.2 Å². The van der Waals surface area contributed by atoms with Crippen molar-refractivity contribution < 1.29 is 32.6 Å². The topological polar surface area (TPSA) is 63.6 Å². The summed E-state index contributed by atoms with van der Waals surface area (Å²) < 4.78 is 44.1. The van der Waals surface area contributed by atoms with E-state index in [-0.39, 0.29) is 29.9 Å². The molecule has 0 radical (unpaired) electrons. The number of hydrogen-bond donors (Lipinski definition) is 1. The van der Waals surface area contributed by atoms with Gasteiger partial charge in [0.1, 0.15) is 11.7 Å². The molecule has 0 aromatic heterocycles. The zero-order valence-electron chi connectivity index (χ0n) is 13.5. The molecule has 2 aromatic carbocycles. The maximum absolute atomic E-state index is 13.1. The molecule has 0 bridgehead atoms. The summed E-state index contributed by atoms with van der Waals surface area (Å²) in [6.07, 6.45) is -7.39. The summed E-state index contributed by atoms with van der Waals surface area (Å²) in [7, 11) is 0. The van der Waals surface area contributed by atoms with E-state index in [0.29, 0.717) is 5.56 Å². The Morgan fingerprint density at radius 2 is 1.81 bits per heavy atom. The highest BCUT2D eigenvalue weighted by Gasteiger charge is 2.52. The number of carboxylic acid groups (broad SMARTS) is 1. The fourth-order valence-electron chi connectivity index (χ4n) is 2.99. The monoisotopic (exact) mass is 364 g/mol. The number of carboxylic acids is 1. The fourth-order valence-corrected chi connectivity index (χ4v) is 2.99. The van der Waals surface area contributed by atoms with E-state index < -0.39 is 24.2 Å². The van der Waals surface area contributed by atoms with Crippen molar-refractivity contribution in [2.45, 2.75) is 25.1 Å². The van der Waals surface area contributed by atoms with Crippen molar-refractivity contribution in [1.82, 2.24) is 0 Å². The maximum Gasteiger partial charge on any atom is 0.426 e. The Balaban J connectivity index is 1.86. The highest BCUT2D eigenvalue weighted by molar-refractivity contribution is 5.97. The molecular formula is C19H15F3O4. The van der Waals surface area contributed by atoms with E-state index in [1.165, 1.54) is 18.2 Å². The molecule has 1 aliphatic rings. The number of hydrogen-bond acceptors (Lipinski definition) is 3. The van der Waals surface area contributed by atoms with Crippen molar-refractivity contribution >= 4 is 11.8 Å². The Morgan fingerprint density at radius 1 is 1.12 bits per heavy atom. The lowest BCUT2D eigenvalue weighted by Crippen LogP contribution is -2.47. The van der Waals surface area contributed by atoms with Crippen LogP contribution in [0.2, 0.25) is 0 Å². The smallest absolute Gasteiger partial charge is 0.426 e. The van der Waals surface area contributed by atoms with Crippen molar-refractivity contribution in [3.8, 4) is 5.75 Å². The third-order valence-corrected chi connectivity index (χ3v) is 4.29. The van der Waals surface area contributed by atoms with Gasteiger partial charge < -0.3 is 9.84 Å². The Morgan fingerprint density at radius 3 is 2.42 bits per heavy atom. The average molecular weight is 364 g/mol. The van der Waals surface area contributed by atoms with Gasteiger partial charge in [0.25, 0.3) is 0 Å². The third kappa shape index (κ3) is 3.71. The van der Waals surface area contributed by atoms with Crippen molar-refractivity contribution in [3.63, 3.8) is 0 Å². The Hall–Kier alpha value is -2.83. The predicted octanol–water partition coefficient (Wildman–Crippen LogP) is 3.68. The summed E-state index contributed by atoms with van der Waals surface area (Å²) in [4.78, 5) is 23.6. The first kappa shape index (κ1) is 18.0. The minimum absolute atomic E-state index is 0.0407. The van der Waals surface area contributed by atoms with Crippen LogP contribution in [-0.2, 0) is 17.6 Å². The van der Waals surface area contributed by atoms with Gasteiger partial charge in [-0.15, -0.1) is 0 Å². The van der Waals surface area contributed by atoms with Gasteiger partial charge in [-0.2, -0.15) is 13.2 Å². The first-order valence-electron chi connectivity index (χ1n) is 7.92. The molecule has 1 N–H and O–H groups in total. The SMILES string of the molecule is O=C(Cc1ccccc1)c1ccc2c(c1)CC(C(=O)O)C(C(F)(F)F)O2. The van der Waals surface area contributed by atoms with Crippen molar-refractivity contribution in [2.24, 2.45) is 5.92 Å². The second kappa shape index (κ2) is 6.82. The van der Waals surface area contributed by atoms with Crippen molar-refractivity contribution in [1.29, 1.82) is 0 Å². The molecule has 3 rings (SSSR count). The van der Waals surface area contributed by atoms with Crippen LogP contribution in [0, 0.1) is 5.92 Å². The van der Waals surface area contributed by atoms with Crippen LogP contribution in [0.25, 0.3) is 0 Å². The van der Waals surface area contributed by atoms with Gasteiger partial charge in [0, 0.05) is 12.0 Å². The maximum atomic E-state index is 13.1. The second-order valence-corrected chi connectivity index (χ2v) is 6.14. The highest BCUT2D eigenvalue weighted by atomic mass is 19.4. The fraction of sp³-hybridized carbons (Fsp3) is 0.263. The standard InChI is InChI=1S/C19H15F3O4/c20-19(21,22)17-14(18(24)25)10-13-9-12(6-7-16(13)26-17)15(23)8-11-4-2-1-3-5-11/h1-7,9,14,17H,8,10H2,(H,24,25). The number of ether oxygens (including phenoxy) is 1. The minimum atomic E-state index is -4.79. The van der Waals surface area contributed by atoms with Gasteiger partial charge in [0.2, 0.25) is 6.10 Å². The number of aliphatic carboxylic acids is 1. The van der Waals surface area contributed by atoms with E-state index in [1.54, 1.807) is 24.3 Å². The van der Waals surface area contributed by atoms with Gasteiger partial charge in [-0.25, -0.2) is 0 Å². The minimum Gasteiger partial charge on any atom is -0.481 e. The third-order valence-electron chi connectivity index (χ3n) is 4.29. The summed E-state index contributed by atoms with van der Waals surface area (Å²) in [6.45, 7) is 0. The molecule has 2 aromatic rings. The van der Waals surface area contributed by atoms with Crippen LogP contribution in [0.1, 0.15) is 21.5 Å². The Labute approximate surface area is 147 Å². The van der Waals surface area contributed by atoms with Gasteiger partial charge in [0.15, 0.2) is 5.78 Å². The zero-order chi connectivity index (χ0) is 18.9. The van der Waals surface area contributed by atoms with Gasteiger partial charge >= 0.3 is 12.1 Å². The quantitative estimate of drug-likeness (QED) is 0.841. The summed E-state index contributed by atoms with van der Waals surface area (Å²) in [5, 5.41) is 9.12. The number of carbonyl (C=O) groups is 2. The zero-order valence-corrected chi connectivity index (χ0v) is 13.5. The lowest BCUT2D eigenvalue weighted by atomic mass is 9.88. The van der Waals surface area contributed by atoms with Crippen LogP contribution in [-0.4, -0.2) is 29.1 Å². The lowest BCUT2D eigenvalue weighted by Gasteiger charge is -2.32. The van der Waals surface area contributed by atoms with E-state index >= 15 is 0 Å². The van der Waals surface area contributed by atoms with E-state index in [2.05, 4.69) is 0 Å². The molecule has 0 saturated heterocycles. The van der Waals surface area contributed by atoms with Gasteiger partial charge in [0.05, 0.1) is 0 Å². The molecular weight excluding hydrogens is 349 g/mol. The van der Waals surface area contributed by atoms with E-state index in [9.17, 15) is 22.8 Å². The van der Waals surface area contributed by atoms with Crippen LogP contribution < -0.4 is 4.74 Å². The van der Waals surface area contributed by atoms with Gasteiger partial charge in [-0.3, -0.25) is 9.59 Å². The number of carbonyl (C=O) groups excluding carboxylic acids is 1. The van der Waals surface area contributed by atoms with Gasteiger partial charge in [-0.05, 0) is 35.7 Å². The summed E-state index contributed by atoms with van der Waals surface area (Å²) in [6, 6.07) is 13.1. The molecule has 0 aliphatic carbocycles. The van der Waals surface area contributed by atoms with Crippen LogP contribution in [0.15, 0.2) is 48.5 Å². The average Bonchev–Trinajstić information content (AvgIpc) is 2.60. The summed E-state index contributed by atoms with van der Waals surface area (Å²) in [5.41, 5.74) is 1.41. The molecule has 1 heterocycles. The molecule has 0 spiro atoms. The molecule has 136 valence electrons. The summed E-state index contributed by atoms with van der Waals surface area (Å²) >= 11 is 0.